The van der Waals surface area contributed by atoms with Crippen molar-refractivity contribution in [2.75, 3.05) is 4.90 Å². The van der Waals surface area contributed by atoms with Gasteiger partial charge in [0.05, 0.1) is 5.69 Å². The van der Waals surface area contributed by atoms with Gasteiger partial charge >= 0.3 is 0 Å². The maximum Gasteiger partial charge on any atom is 0.0540 e. The van der Waals surface area contributed by atoms with Crippen molar-refractivity contribution < 1.29 is 0 Å². The van der Waals surface area contributed by atoms with Crippen LogP contribution in [-0.2, 0) is 0 Å². The normalized spacial score (nSPS) is 11.6. The second-order valence-electron chi connectivity index (χ2n) is 14.1. The first-order valence-electron chi connectivity index (χ1n) is 18.7. The predicted molar refractivity (Wildman–Crippen MR) is 241 cm³/mol. The molecule has 2 heterocycles. The van der Waals surface area contributed by atoms with Crippen molar-refractivity contribution in [1.82, 2.24) is 0 Å². The lowest BCUT2D eigenvalue weighted by Crippen LogP contribution is -2.11. The van der Waals surface area contributed by atoms with E-state index in [4.69, 9.17) is 0 Å². The zero-order valence-electron chi connectivity index (χ0n) is 29.8. The molecule has 9 aromatic carbocycles. The number of anilines is 3. The van der Waals surface area contributed by atoms with E-state index in [0.29, 0.717) is 0 Å². The van der Waals surface area contributed by atoms with Gasteiger partial charge in [-0.2, -0.15) is 0 Å². The highest BCUT2D eigenvalue weighted by atomic mass is 32.1. The molecule has 258 valence electrons. The molecule has 0 amide bonds. The third kappa shape index (κ3) is 5.51. The van der Waals surface area contributed by atoms with Crippen molar-refractivity contribution in [2.24, 2.45) is 0 Å². The van der Waals surface area contributed by atoms with E-state index >= 15 is 0 Å². The average molecular weight is 736 g/mol. The first-order chi connectivity index (χ1) is 27.2. The lowest BCUT2D eigenvalue weighted by molar-refractivity contribution is 1.28. The van der Waals surface area contributed by atoms with Gasteiger partial charge in [-0.3, -0.25) is 0 Å². The molecule has 0 bridgehead atoms. The first-order valence-corrected chi connectivity index (χ1v) is 20.3. The van der Waals surface area contributed by atoms with E-state index in [1.54, 1.807) is 0 Å². The second kappa shape index (κ2) is 13.1. The molecule has 0 aliphatic heterocycles. The van der Waals surface area contributed by atoms with Crippen molar-refractivity contribution in [3.8, 4) is 33.4 Å². The minimum atomic E-state index is 1.11. The number of thiophene rings is 2. The summed E-state index contributed by atoms with van der Waals surface area (Å²) in [6.07, 6.45) is 0. The highest BCUT2D eigenvalue weighted by molar-refractivity contribution is 7.26. The van der Waals surface area contributed by atoms with Crippen molar-refractivity contribution in [1.29, 1.82) is 0 Å². The first kappa shape index (κ1) is 32.0. The Morgan fingerprint density at radius 3 is 1.58 bits per heavy atom. The van der Waals surface area contributed by atoms with E-state index in [1.165, 1.54) is 84.5 Å². The van der Waals surface area contributed by atoms with Gasteiger partial charge in [0.1, 0.15) is 0 Å². The zero-order chi connectivity index (χ0) is 36.3. The van der Waals surface area contributed by atoms with Crippen molar-refractivity contribution in [3.63, 3.8) is 0 Å². The van der Waals surface area contributed by atoms with E-state index in [2.05, 4.69) is 205 Å². The average Bonchev–Trinajstić information content (AvgIpc) is 3.82. The minimum absolute atomic E-state index is 1.11. The Labute approximate surface area is 327 Å². The van der Waals surface area contributed by atoms with Crippen LogP contribution in [0.2, 0.25) is 0 Å². The quantitative estimate of drug-likeness (QED) is 0.164. The fourth-order valence-electron chi connectivity index (χ4n) is 8.24. The number of benzene rings is 9. The number of hydrogen-bond acceptors (Lipinski definition) is 3. The van der Waals surface area contributed by atoms with Gasteiger partial charge in [-0.25, -0.2) is 0 Å². The van der Waals surface area contributed by atoms with Crippen LogP contribution in [0.5, 0.6) is 0 Å². The summed E-state index contributed by atoms with van der Waals surface area (Å²) >= 11 is 3.73. The zero-order valence-corrected chi connectivity index (χ0v) is 31.4. The number of para-hydroxylation sites is 1. The van der Waals surface area contributed by atoms with Gasteiger partial charge in [0.15, 0.2) is 0 Å². The Balaban J connectivity index is 1.10. The molecule has 11 aromatic rings. The van der Waals surface area contributed by atoms with Crippen molar-refractivity contribution in [3.05, 3.63) is 200 Å². The highest BCUT2D eigenvalue weighted by Crippen LogP contribution is 2.45. The molecule has 3 heteroatoms. The molecule has 0 radical (unpaired) electrons. The standard InChI is InChI=1S/C52H33NS2/c1-2-18-41-34(12-1)13-11-22-42(41)43-19-3-6-23-48(43)53(39-16-9-14-35(30-39)37-27-29-51-47(32-37)45-21-5-8-25-50(45)54-51)40-17-10-15-36(31-40)38-26-28-46-44-20-4-7-24-49(44)55-52(46)33-38/h1-33H. The summed E-state index contributed by atoms with van der Waals surface area (Å²) in [7, 11) is 0. The maximum absolute atomic E-state index is 2.45. The Morgan fingerprint density at radius 2 is 0.800 bits per heavy atom. The number of nitrogens with zero attached hydrogens (tertiary/aromatic N) is 1. The molecule has 0 saturated heterocycles. The second-order valence-corrected chi connectivity index (χ2v) is 16.3. The van der Waals surface area contributed by atoms with Crippen LogP contribution >= 0.6 is 22.7 Å². The summed E-state index contributed by atoms with van der Waals surface area (Å²) in [5, 5.41) is 7.75. The molecule has 1 nitrogen and oxygen atoms in total. The van der Waals surface area contributed by atoms with Gasteiger partial charge < -0.3 is 4.90 Å². The SMILES string of the molecule is c1cc(-c2ccc3c(c2)sc2ccccc23)cc(N(c2cccc(-c3ccc4sc5ccccc5c4c3)c2)c2ccccc2-c2cccc3ccccc23)c1. The molecule has 0 fully saturated rings. The van der Waals surface area contributed by atoms with Crippen LogP contribution in [0.15, 0.2) is 200 Å². The number of rotatable bonds is 6. The van der Waals surface area contributed by atoms with Crippen molar-refractivity contribution >= 4 is 90.9 Å². The Kier molecular flexibility index (Phi) is 7.61. The summed E-state index contributed by atoms with van der Waals surface area (Å²) in [5.41, 5.74) is 10.6. The highest BCUT2D eigenvalue weighted by Gasteiger charge is 2.20. The molecule has 0 atom stereocenters. The number of hydrogen-bond donors (Lipinski definition) is 0. The molecule has 0 spiro atoms. The van der Waals surface area contributed by atoms with Gasteiger partial charge in [-0.05, 0) is 99.3 Å². The topological polar surface area (TPSA) is 3.24 Å². The monoisotopic (exact) mass is 735 g/mol. The smallest absolute Gasteiger partial charge is 0.0540 e. The van der Waals surface area contributed by atoms with Gasteiger partial charge in [0, 0.05) is 57.3 Å². The van der Waals surface area contributed by atoms with Gasteiger partial charge in [0.25, 0.3) is 0 Å². The summed E-state index contributed by atoms with van der Waals surface area (Å²) in [4.78, 5) is 2.45. The van der Waals surface area contributed by atoms with E-state index in [0.717, 1.165) is 17.1 Å². The van der Waals surface area contributed by atoms with Crippen LogP contribution in [0.25, 0.3) is 84.5 Å². The van der Waals surface area contributed by atoms with E-state index in [1.807, 2.05) is 22.7 Å². The largest absolute Gasteiger partial charge is 0.310 e. The summed E-state index contributed by atoms with van der Waals surface area (Å²) < 4.78 is 5.28. The van der Waals surface area contributed by atoms with Crippen LogP contribution in [0.1, 0.15) is 0 Å². The van der Waals surface area contributed by atoms with Crippen LogP contribution in [0.4, 0.5) is 17.1 Å². The lowest BCUT2D eigenvalue weighted by atomic mass is 9.95. The number of fused-ring (bicyclic) bond motifs is 7. The van der Waals surface area contributed by atoms with Crippen LogP contribution in [0.3, 0.4) is 0 Å². The Morgan fingerprint density at radius 1 is 0.291 bits per heavy atom. The third-order valence-electron chi connectivity index (χ3n) is 10.9. The predicted octanol–water partition coefficient (Wildman–Crippen LogP) is 16.0. The molecular weight excluding hydrogens is 703 g/mol. The molecule has 0 aliphatic rings. The molecule has 11 rings (SSSR count). The van der Waals surface area contributed by atoms with Crippen LogP contribution in [0, 0.1) is 0 Å². The molecule has 55 heavy (non-hydrogen) atoms. The Hall–Kier alpha value is -6.52. The van der Waals surface area contributed by atoms with Crippen LogP contribution in [-0.4, -0.2) is 0 Å². The summed E-state index contributed by atoms with van der Waals surface area (Å²) in [6, 6.07) is 73.6. The molecular formula is C52H33NS2. The maximum atomic E-state index is 2.45. The van der Waals surface area contributed by atoms with Crippen LogP contribution < -0.4 is 4.90 Å². The van der Waals surface area contributed by atoms with Crippen molar-refractivity contribution in [2.45, 2.75) is 0 Å². The van der Waals surface area contributed by atoms with E-state index in [-0.39, 0.29) is 0 Å². The molecule has 2 aromatic heterocycles. The molecule has 0 unspecified atom stereocenters. The molecule has 0 N–H and O–H groups in total. The minimum Gasteiger partial charge on any atom is -0.310 e. The Bertz CT molecular complexity index is 3230. The summed E-state index contributed by atoms with van der Waals surface area (Å²) in [6.45, 7) is 0. The van der Waals surface area contributed by atoms with E-state index < -0.39 is 0 Å². The lowest BCUT2D eigenvalue weighted by Gasteiger charge is -2.29. The van der Waals surface area contributed by atoms with E-state index in [9.17, 15) is 0 Å². The van der Waals surface area contributed by atoms with Gasteiger partial charge in [0.2, 0.25) is 0 Å². The van der Waals surface area contributed by atoms with Gasteiger partial charge in [-0.1, -0.05) is 140 Å². The molecule has 0 saturated carbocycles. The third-order valence-corrected chi connectivity index (χ3v) is 13.1. The fourth-order valence-corrected chi connectivity index (χ4v) is 10.5. The summed E-state index contributed by atoms with van der Waals surface area (Å²) in [5.74, 6) is 0. The molecule has 0 aliphatic carbocycles. The fraction of sp³-hybridized carbons (Fsp3) is 0. The van der Waals surface area contributed by atoms with Gasteiger partial charge in [-0.15, -0.1) is 22.7 Å².